The molecule has 0 unspecified atom stereocenters. The molecule has 1 aromatic carbocycles. The van der Waals surface area contributed by atoms with Gasteiger partial charge in [0.1, 0.15) is 0 Å². The van der Waals surface area contributed by atoms with Gasteiger partial charge in [-0.3, -0.25) is 0 Å². The second-order valence-electron chi connectivity index (χ2n) is 4.09. The number of nitrogens with one attached hydrogen (secondary N) is 1. The Kier molecular flexibility index (Phi) is 4.57. The molecule has 0 bridgehead atoms. The minimum Gasteiger partial charge on any atom is -0.421 e. The second-order valence-corrected chi connectivity index (χ2v) is 4.09. The molecular formula is C13H15F2N3O. The van der Waals surface area contributed by atoms with E-state index in [9.17, 15) is 8.78 Å². The van der Waals surface area contributed by atoms with Gasteiger partial charge in [0.25, 0.3) is 0 Å². The van der Waals surface area contributed by atoms with Crippen LogP contribution in [0.25, 0.3) is 11.5 Å². The number of aryl methyl sites for hydroxylation is 1. The summed E-state index contributed by atoms with van der Waals surface area (Å²) in [5, 5.41) is 10.9. The zero-order valence-corrected chi connectivity index (χ0v) is 10.6. The molecule has 0 fully saturated rings. The van der Waals surface area contributed by atoms with Crippen molar-refractivity contribution in [2.75, 3.05) is 13.1 Å². The van der Waals surface area contributed by atoms with Gasteiger partial charge in [-0.15, -0.1) is 10.2 Å². The van der Waals surface area contributed by atoms with E-state index in [0.29, 0.717) is 17.9 Å². The largest absolute Gasteiger partial charge is 0.421 e. The highest BCUT2D eigenvalue weighted by Gasteiger charge is 2.11. The molecule has 102 valence electrons. The molecule has 1 aromatic heterocycles. The number of halogens is 2. The van der Waals surface area contributed by atoms with Crippen LogP contribution >= 0.6 is 0 Å². The lowest BCUT2D eigenvalue weighted by atomic mass is 10.2. The summed E-state index contributed by atoms with van der Waals surface area (Å²) in [6.45, 7) is 3.83. The molecule has 0 aliphatic rings. The van der Waals surface area contributed by atoms with Gasteiger partial charge in [0.05, 0.1) is 0 Å². The van der Waals surface area contributed by atoms with Gasteiger partial charge in [0.2, 0.25) is 11.8 Å². The molecule has 4 nitrogen and oxygen atoms in total. The number of hydrogen-bond donors (Lipinski definition) is 1. The van der Waals surface area contributed by atoms with Gasteiger partial charge < -0.3 is 9.73 Å². The molecule has 0 saturated heterocycles. The fourth-order valence-corrected chi connectivity index (χ4v) is 1.64. The van der Waals surface area contributed by atoms with Crippen molar-refractivity contribution in [1.29, 1.82) is 0 Å². The third-order valence-electron chi connectivity index (χ3n) is 2.63. The molecule has 1 N–H and O–H groups in total. The van der Waals surface area contributed by atoms with Crippen molar-refractivity contribution in [3.63, 3.8) is 0 Å². The number of aromatic nitrogens is 2. The Hall–Kier alpha value is -1.82. The summed E-state index contributed by atoms with van der Waals surface area (Å²) < 4.78 is 31.3. The van der Waals surface area contributed by atoms with Crippen molar-refractivity contribution in [2.45, 2.75) is 19.8 Å². The van der Waals surface area contributed by atoms with Crippen LogP contribution < -0.4 is 5.32 Å². The van der Waals surface area contributed by atoms with Crippen LogP contribution in [0.1, 0.15) is 19.2 Å². The topological polar surface area (TPSA) is 51.0 Å². The minimum absolute atomic E-state index is 0.206. The summed E-state index contributed by atoms with van der Waals surface area (Å²) in [5.41, 5.74) is 0.379. The van der Waals surface area contributed by atoms with Gasteiger partial charge in [-0.2, -0.15) is 0 Å². The first kappa shape index (κ1) is 13.6. The summed E-state index contributed by atoms with van der Waals surface area (Å²) in [5.74, 6) is -1.12. The highest BCUT2D eigenvalue weighted by molar-refractivity contribution is 5.52. The fourth-order valence-electron chi connectivity index (χ4n) is 1.64. The van der Waals surface area contributed by atoms with Crippen molar-refractivity contribution in [3.05, 3.63) is 35.7 Å². The quantitative estimate of drug-likeness (QED) is 0.817. The van der Waals surface area contributed by atoms with E-state index in [1.54, 1.807) is 0 Å². The van der Waals surface area contributed by atoms with Crippen LogP contribution in [0.3, 0.4) is 0 Å². The van der Waals surface area contributed by atoms with Gasteiger partial charge >= 0.3 is 0 Å². The highest BCUT2D eigenvalue weighted by atomic mass is 19.2. The van der Waals surface area contributed by atoms with Crippen molar-refractivity contribution >= 4 is 0 Å². The Balaban J connectivity index is 2.01. The molecule has 6 heteroatoms. The summed E-state index contributed by atoms with van der Waals surface area (Å²) in [6.07, 6.45) is 1.54. The number of benzene rings is 1. The van der Waals surface area contributed by atoms with Gasteiger partial charge in [0.15, 0.2) is 11.6 Å². The summed E-state index contributed by atoms with van der Waals surface area (Å²) in [4.78, 5) is 0. The van der Waals surface area contributed by atoms with Gasteiger partial charge in [-0.05, 0) is 37.7 Å². The number of nitrogens with zero attached hydrogens (tertiary/aromatic N) is 2. The van der Waals surface area contributed by atoms with Crippen LogP contribution in [-0.4, -0.2) is 23.3 Å². The molecule has 0 aliphatic carbocycles. The van der Waals surface area contributed by atoms with E-state index in [4.69, 9.17) is 4.42 Å². The fraction of sp³-hybridized carbons (Fsp3) is 0.385. The molecule has 0 radical (unpaired) electrons. The molecule has 19 heavy (non-hydrogen) atoms. The predicted octanol–water partition coefficient (Wildman–Crippen LogP) is 2.56. The van der Waals surface area contributed by atoms with E-state index in [0.717, 1.165) is 31.6 Å². The maximum absolute atomic E-state index is 13.1. The first-order valence-electron chi connectivity index (χ1n) is 6.19. The Bertz CT molecular complexity index is 542. The Morgan fingerprint density at radius 2 is 2.05 bits per heavy atom. The van der Waals surface area contributed by atoms with E-state index < -0.39 is 11.6 Å². The van der Waals surface area contributed by atoms with Crippen molar-refractivity contribution in [3.8, 4) is 11.5 Å². The van der Waals surface area contributed by atoms with Crippen molar-refractivity contribution < 1.29 is 13.2 Å². The standard InChI is InChI=1S/C13H15F2N3O/c1-2-16-7-3-4-12-17-18-13(19-12)9-5-6-10(14)11(15)8-9/h5-6,8,16H,2-4,7H2,1H3. The average molecular weight is 267 g/mol. The van der Waals surface area contributed by atoms with Crippen LogP contribution in [0.2, 0.25) is 0 Å². The predicted molar refractivity (Wildman–Crippen MR) is 66.5 cm³/mol. The average Bonchev–Trinajstić information content (AvgIpc) is 2.87. The van der Waals surface area contributed by atoms with E-state index in [2.05, 4.69) is 15.5 Å². The normalized spacial score (nSPS) is 10.9. The smallest absolute Gasteiger partial charge is 0.247 e. The molecule has 2 aromatic rings. The Morgan fingerprint density at radius 1 is 1.21 bits per heavy atom. The molecular weight excluding hydrogens is 252 g/mol. The first-order chi connectivity index (χ1) is 9.20. The maximum Gasteiger partial charge on any atom is 0.247 e. The van der Waals surface area contributed by atoms with E-state index in [1.165, 1.54) is 6.07 Å². The molecule has 0 amide bonds. The minimum atomic E-state index is -0.926. The lowest BCUT2D eigenvalue weighted by Gasteiger charge is -1.98. The molecule has 0 atom stereocenters. The molecule has 0 saturated carbocycles. The van der Waals surface area contributed by atoms with Gasteiger partial charge in [0, 0.05) is 12.0 Å². The molecule has 0 aliphatic heterocycles. The third kappa shape index (κ3) is 3.57. The zero-order chi connectivity index (χ0) is 13.7. The number of rotatable bonds is 6. The van der Waals surface area contributed by atoms with Crippen LogP contribution in [0.5, 0.6) is 0 Å². The molecule has 2 rings (SSSR count). The van der Waals surface area contributed by atoms with E-state index >= 15 is 0 Å². The van der Waals surface area contributed by atoms with Gasteiger partial charge in [-0.25, -0.2) is 8.78 Å². The van der Waals surface area contributed by atoms with Crippen LogP contribution in [0.15, 0.2) is 22.6 Å². The lowest BCUT2D eigenvalue weighted by Crippen LogP contribution is -2.14. The maximum atomic E-state index is 13.1. The second kappa shape index (κ2) is 6.38. The highest BCUT2D eigenvalue weighted by Crippen LogP contribution is 2.20. The lowest BCUT2D eigenvalue weighted by molar-refractivity contribution is 0.489. The van der Waals surface area contributed by atoms with Crippen LogP contribution in [0.4, 0.5) is 8.78 Å². The van der Waals surface area contributed by atoms with E-state index in [-0.39, 0.29) is 5.89 Å². The van der Waals surface area contributed by atoms with Crippen molar-refractivity contribution in [2.24, 2.45) is 0 Å². The Morgan fingerprint density at radius 3 is 2.79 bits per heavy atom. The monoisotopic (exact) mass is 267 g/mol. The summed E-state index contributed by atoms with van der Waals surface area (Å²) >= 11 is 0. The Labute approximate surface area is 109 Å². The van der Waals surface area contributed by atoms with Crippen molar-refractivity contribution in [1.82, 2.24) is 15.5 Å². The summed E-state index contributed by atoms with van der Waals surface area (Å²) in [6, 6.07) is 3.50. The first-order valence-corrected chi connectivity index (χ1v) is 6.19. The van der Waals surface area contributed by atoms with E-state index in [1.807, 2.05) is 6.92 Å². The summed E-state index contributed by atoms with van der Waals surface area (Å²) in [7, 11) is 0. The van der Waals surface area contributed by atoms with Gasteiger partial charge in [-0.1, -0.05) is 6.92 Å². The molecule has 0 spiro atoms. The zero-order valence-electron chi connectivity index (χ0n) is 10.6. The SMILES string of the molecule is CCNCCCc1nnc(-c2ccc(F)c(F)c2)o1. The third-order valence-corrected chi connectivity index (χ3v) is 2.63. The number of hydrogen-bond acceptors (Lipinski definition) is 4. The van der Waals surface area contributed by atoms with Crippen LogP contribution in [-0.2, 0) is 6.42 Å². The molecule has 1 heterocycles. The van der Waals surface area contributed by atoms with Crippen LogP contribution in [0, 0.1) is 11.6 Å².